The molecule has 1 unspecified atom stereocenters. The molecule has 20 heavy (non-hydrogen) atoms. The first-order chi connectivity index (χ1) is 9.65. The van der Waals surface area contributed by atoms with Gasteiger partial charge in [0.15, 0.2) is 0 Å². The minimum absolute atomic E-state index is 0.101. The number of pyridine rings is 1. The SMILES string of the molecule is CC1CN(c2cc(C(=N)N)c3ccccc3n2)CCS1. The van der Waals surface area contributed by atoms with Crippen molar-refractivity contribution >= 4 is 34.3 Å². The number of nitrogen functional groups attached to an aromatic ring is 1. The van der Waals surface area contributed by atoms with Crippen molar-refractivity contribution < 1.29 is 0 Å². The molecule has 1 aliphatic heterocycles. The summed E-state index contributed by atoms with van der Waals surface area (Å²) in [5, 5.41) is 9.35. The lowest BCUT2D eigenvalue weighted by molar-refractivity contribution is 0.772. The molecule has 5 heteroatoms. The minimum atomic E-state index is 0.101. The summed E-state index contributed by atoms with van der Waals surface area (Å²) >= 11 is 1.99. The van der Waals surface area contributed by atoms with Gasteiger partial charge < -0.3 is 10.6 Å². The quantitative estimate of drug-likeness (QED) is 0.657. The Morgan fingerprint density at radius 3 is 3.00 bits per heavy atom. The van der Waals surface area contributed by atoms with Crippen LogP contribution in [0.3, 0.4) is 0 Å². The topological polar surface area (TPSA) is 66.0 Å². The number of benzene rings is 1. The van der Waals surface area contributed by atoms with Crippen LogP contribution in [0.25, 0.3) is 10.9 Å². The Bertz CT molecular complexity index is 655. The zero-order valence-corrected chi connectivity index (χ0v) is 12.3. The van der Waals surface area contributed by atoms with Gasteiger partial charge in [0.2, 0.25) is 0 Å². The Kier molecular flexibility index (Phi) is 3.53. The van der Waals surface area contributed by atoms with E-state index >= 15 is 0 Å². The van der Waals surface area contributed by atoms with Crippen LogP contribution in [0.15, 0.2) is 30.3 Å². The van der Waals surface area contributed by atoms with Crippen molar-refractivity contribution in [3.63, 3.8) is 0 Å². The molecule has 2 aromatic rings. The van der Waals surface area contributed by atoms with Gasteiger partial charge in [-0.1, -0.05) is 25.1 Å². The maximum absolute atomic E-state index is 7.80. The second-order valence-corrected chi connectivity index (χ2v) is 6.63. The van der Waals surface area contributed by atoms with E-state index in [-0.39, 0.29) is 5.84 Å². The summed E-state index contributed by atoms with van der Waals surface area (Å²) < 4.78 is 0. The summed E-state index contributed by atoms with van der Waals surface area (Å²) in [6, 6.07) is 9.83. The molecule has 0 saturated carbocycles. The summed E-state index contributed by atoms with van der Waals surface area (Å²) in [6.07, 6.45) is 0. The molecule has 4 nitrogen and oxygen atoms in total. The van der Waals surface area contributed by atoms with Gasteiger partial charge in [-0.05, 0) is 12.1 Å². The molecule has 1 aromatic carbocycles. The van der Waals surface area contributed by atoms with Crippen molar-refractivity contribution in [2.75, 3.05) is 23.7 Å². The summed E-state index contributed by atoms with van der Waals surface area (Å²) in [5.41, 5.74) is 7.42. The number of nitrogens with one attached hydrogen (secondary N) is 1. The first-order valence-electron chi connectivity index (χ1n) is 6.76. The third kappa shape index (κ3) is 2.45. The fourth-order valence-corrected chi connectivity index (χ4v) is 3.59. The highest BCUT2D eigenvalue weighted by molar-refractivity contribution is 8.00. The number of nitrogens with zero attached hydrogens (tertiary/aromatic N) is 2. The molecule has 104 valence electrons. The van der Waals surface area contributed by atoms with Crippen LogP contribution >= 0.6 is 11.8 Å². The van der Waals surface area contributed by atoms with Gasteiger partial charge in [-0.2, -0.15) is 11.8 Å². The fraction of sp³-hybridized carbons (Fsp3) is 0.333. The van der Waals surface area contributed by atoms with E-state index in [0.717, 1.165) is 41.1 Å². The molecule has 1 aromatic heterocycles. The van der Waals surface area contributed by atoms with Gasteiger partial charge in [0, 0.05) is 35.0 Å². The van der Waals surface area contributed by atoms with Crippen LogP contribution in [0.5, 0.6) is 0 Å². The second-order valence-electron chi connectivity index (χ2n) is 5.09. The summed E-state index contributed by atoms with van der Waals surface area (Å²) in [5.74, 6) is 2.15. The number of thioether (sulfide) groups is 1. The smallest absolute Gasteiger partial charge is 0.130 e. The summed E-state index contributed by atoms with van der Waals surface area (Å²) in [7, 11) is 0. The number of nitrogens with two attached hydrogens (primary N) is 1. The monoisotopic (exact) mass is 286 g/mol. The molecular formula is C15H18N4S. The normalized spacial score (nSPS) is 19.2. The largest absolute Gasteiger partial charge is 0.384 e. The molecule has 0 radical (unpaired) electrons. The van der Waals surface area contributed by atoms with Gasteiger partial charge >= 0.3 is 0 Å². The molecule has 0 bridgehead atoms. The standard InChI is InChI=1S/C15H18N4S/c1-10-9-19(6-7-20-10)14-8-12(15(16)17)11-4-2-3-5-13(11)18-14/h2-5,8,10H,6-7,9H2,1H3,(H3,16,17). The minimum Gasteiger partial charge on any atom is -0.384 e. The number of hydrogen-bond donors (Lipinski definition) is 2. The maximum atomic E-state index is 7.80. The molecule has 1 saturated heterocycles. The number of para-hydroxylation sites is 1. The highest BCUT2D eigenvalue weighted by Crippen LogP contribution is 2.26. The summed E-state index contributed by atoms with van der Waals surface area (Å²) in [4.78, 5) is 7.03. The Morgan fingerprint density at radius 1 is 1.45 bits per heavy atom. The Morgan fingerprint density at radius 2 is 2.25 bits per heavy atom. The predicted molar refractivity (Wildman–Crippen MR) is 86.9 cm³/mol. The van der Waals surface area contributed by atoms with Gasteiger partial charge in [0.1, 0.15) is 11.7 Å². The zero-order chi connectivity index (χ0) is 14.1. The van der Waals surface area contributed by atoms with Crippen LogP contribution in [0.2, 0.25) is 0 Å². The van der Waals surface area contributed by atoms with E-state index in [1.807, 2.05) is 42.1 Å². The van der Waals surface area contributed by atoms with Crippen molar-refractivity contribution in [1.82, 2.24) is 4.98 Å². The average Bonchev–Trinajstić information content (AvgIpc) is 2.46. The Balaban J connectivity index is 2.09. The van der Waals surface area contributed by atoms with E-state index in [1.165, 1.54) is 0 Å². The molecule has 1 atom stereocenters. The Labute approximate surface area is 122 Å². The first kappa shape index (κ1) is 13.2. The summed E-state index contributed by atoms with van der Waals surface area (Å²) in [6.45, 7) is 4.23. The molecule has 1 fully saturated rings. The first-order valence-corrected chi connectivity index (χ1v) is 7.81. The number of amidine groups is 1. The van der Waals surface area contributed by atoms with Gasteiger partial charge in [-0.15, -0.1) is 0 Å². The van der Waals surface area contributed by atoms with E-state index < -0.39 is 0 Å². The second kappa shape index (κ2) is 5.32. The lowest BCUT2D eigenvalue weighted by Crippen LogP contribution is -2.37. The van der Waals surface area contributed by atoms with E-state index in [0.29, 0.717) is 5.25 Å². The predicted octanol–water partition coefficient (Wildman–Crippen LogP) is 2.46. The fourth-order valence-electron chi connectivity index (χ4n) is 2.57. The molecule has 0 spiro atoms. The van der Waals surface area contributed by atoms with Crippen molar-refractivity contribution in [2.24, 2.45) is 5.73 Å². The highest BCUT2D eigenvalue weighted by Gasteiger charge is 2.19. The number of aromatic nitrogens is 1. The molecule has 2 heterocycles. The molecule has 1 aliphatic rings. The van der Waals surface area contributed by atoms with E-state index in [2.05, 4.69) is 11.8 Å². The average molecular weight is 286 g/mol. The van der Waals surface area contributed by atoms with Gasteiger partial charge in [0.25, 0.3) is 0 Å². The van der Waals surface area contributed by atoms with Crippen molar-refractivity contribution in [3.05, 3.63) is 35.9 Å². The highest BCUT2D eigenvalue weighted by atomic mass is 32.2. The van der Waals surface area contributed by atoms with Crippen LogP contribution < -0.4 is 10.6 Å². The van der Waals surface area contributed by atoms with Gasteiger partial charge in [-0.25, -0.2) is 4.98 Å². The zero-order valence-electron chi connectivity index (χ0n) is 11.5. The van der Waals surface area contributed by atoms with Crippen LogP contribution in [0, 0.1) is 5.41 Å². The molecule has 3 rings (SSSR count). The van der Waals surface area contributed by atoms with Gasteiger partial charge in [-0.3, -0.25) is 5.41 Å². The van der Waals surface area contributed by atoms with Gasteiger partial charge in [0.05, 0.1) is 5.52 Å². The van der Waals surface area contributed by atoms with Crippen LogP contribution in [0.4, 0.5) is 5.82 Å². The van der Waals surface area contributed by atoms with Crippen LogP contribution in [-0.2, 0) is 0 Å². The Hall–Kier alpha value is -1.75. The number of fused-ring (bicyclic) bond motifs is 1. The van der Waals surface area contributed by atoms with E-state index in [1.54, 1.807) is 0 Å². The lowest BCUT2D eigenvalue weighted by Gasteiger charge is -2.32. The molecule has 0 aliphatic carbocycles. The number of rotatable bonds is 2. The van der Waals surface area contributed by atoms with E-state index in [9.17, 15) is 0 Å². The molecule has 3 N–H and O–H groups in total. The molecular weight excluding hydrogens is 268 g/mol. The van der Waals surface area contributed by atoms with Crippen molar-refractivity contribution in [1.29, 1.82) is 5.41 Å². The molecule has 0 amide bonds. The van der Waals surface area contributed by atoms with Crippen molar-refractivity contribution in [2.45, 2.75) is 12.2 Å². The van der Waals surface area contributed by atoms with Crippen LogP contribution in [0.1, 0.15) is 12.5 Å². The van der Waals surface area contributed by atoms with E-state index in [4.69, 9.17) is 16.1 Å². The third-order valence-electron chi connectivity index (χ3n) is 3.56. The maximum Gasteiger partial charge on any atom is 0.130 e. The number of anilines is 1. The third-order valence-corrected chi connectivity index (χ3v) is 4.69. The number of hydrogen-bond acceptors (Lipinski definition) is 4. The van der Waals surface area contributed by atoms with Crippen molar-refractivity contribution in [3.8, 4) is 0 Å². The van der Waals surface area contributed by atoms with Crippen LogP contribution in [-0.4, -0.2) is 34.9 Å². The lowest BCUT2D eigenvalue weighted by atomic mass is 10.1.